The molecular weight excluding hydrogens is 343 g/mol. The Labute approximate surface area is 148 Å². The Kier molecular flexibility index (Phi) is 5.26. The Morgan fingerprint density at radius 3 is 2.72 bits per heavy atom. The number of nitrogens with zero attached hydrogens (tertiary/aromatic N) is 1. The second-order valence-electron chi connectivity index (χ2n) is 5.23. The van der Waals surface area contributed by atoms with Crippen molar-refractivity contribution in [1.29, 1.82) is 0 Å². The van der Waals surface area contributed by atoms with E-state index in [1.54, 1.807) is 6.07 Å². The predicted molar refractivity (Wildman–Crippen MR) is 96.6 cm³/mol. The van der Waals surface area contributed by atoms with Crippen LogP contribution in [0.5, 0.6) is 5.75 Å². The van der Waals surface area contributed by atoms with Crippen molar-refractivity contribution in [2.45, 2.75) is 0 Å². The van der Waals surface area contributed by atoms with E-state index in [0.29, 0.717) is 5.75 Å². The molecule has 0 spiro atoms. The lowest BCUT2D eigenvalue weighted by atomic mass is 10.1. The maximum Gasteiger partial charge on any atom is 0.277 e. The average molecular weight is 357 g/mol. The molecule has 4 nitrogen and oxygen atoms in total. The molecule has 1 N–H and O–H groups in total. The number of nitrogens with one attached hydrogen (secondary N) is 1. The van der Waals surface area contributed by atoms with Crippen LogP contribution in [0.25, 0.3) is 10.8 Å². The van der Waals surface area contributed by atoms with Crippen molar-refractivity contribution in [2.24, 2.45) is 5.10 Å². The van der Waals surface area contributed by atoms with Crippen molar-refractivity contribution in [3.05, 3.63) is 77.1 Å². The van der Waals surface area contributed by atoms with Gasteiger partial charge in [0.15, 0.2) is 6.61 Å². The molecule has 0 aliphatic rings. The molecule has 3 aromatic carbocycles. The molecule has 6 heteroatoms. The van der Waals surface area contributed by atoms with Crippen LogP contribution in [0.4, 0.5) is 4.39 Å². The number of carbonyl (C=O) groups excluding carboxylic acids is 1. The number of ether oxygens (including phenoxy) is 1. The van der Waals surface area contributed by atoms with Gasteiger partial charge in [-0.25, -0.2) is 9.82 Å². The van der Waals surface area contributed by atoms with Gasteiger partial charge in [0.2, 0.25) is 0 Å². The van der Waals surface area contributed by atoms with E-state index in [1.807, 2.05) is 36.4 Å². The van der Waals surface area contributed by atoms with Gasteiger partial charge in [-0.1, -0.05) is 48.0 Å². The van der Waals surface area contributed by atoms with Gasteiger partial charge >= 0.3 is 0 Å². The fourth-order valence-electron chi connectivity index (χ4n) is 2.24. The lowest BCUT2D eigenvalue weighted by Gasteiger charge is -2.06. The van der Waals surface area contributed by atoms with Gasteiger partial charge in [-0.3, -0.25) is 4.79 Å². The molecule has 0 radical (unpaired) electrons. The number of hydrogen-bond acceptors (Lipinski definition) is 3. The van der Waals surface area contributed by atoms with Crippen LogP contribution in [-0.2, 0) is 4.79 Å². The van der Waals surface area contributed by atoms with Crippen LogP contribution >= 0.6 is 11.6 Å². The average Bonchev–Trinajstić information content (AvgIpc) is 2.62. The standard InChI is InChI=1S/C19H14ClFN2O2/c20-17-6-3-7-18(21)16(17)11-22-23-19(24)12-25-15-9-8-13-4-1-2-5-14(13)10-15/h1-11H,12H2,(H,23,24)/b22-11+. The number of hydrogen-bond donors (Lipinski definition) is 1. The van der Waals surface area contributed by atoms with E-state index >= 15 is 0 Å². The number of rotatable bonds is 5. The smallest absolute Gasteiger partial charge is 0.277 e. The van der Waals surface area contributed by atoms with Crippen molar-refractivity contribution in [3.63, 3.8) is 0 Å². The highest BCUT2D eigenvalue weighted by molar-refractivity contribution is 6.33. The molecule has 3 aromatic rings. The molecule has 0 atom stereocenters. The number of benzene rings is 3. The zero-order valence-electron chi connectivity index (χ0n) is 13.1. The number of fused-ring (bicyclic) bond motifs is 1. The van der Waals surface area contributed by atoms with E-state index < -0.39 is 11.7 Å². The lowest BCUT2D eigenvalue weighted by molar-refractivity contribution is -0.123. The quantitative estimate of drug-likeness (QED) is 0.551. The maximum atomic E-state index is 13.6. The first-order chi connectivity index (χ1) is 12.1. The molecule has 0 saturated heterocycles. The molecule has 0 fully saturated rings. The van der Waals surface area contributed by atoms with E-state index in [0.717, 1.165) is 17.0 Å². The van der Waals surface area contributed by atoms with Crippen LogP contribution in [-0.4, -0.2) is 18.7 Å². The summed E-state index contributed by atoms with van der Waals surface area (Å²) in [5, 5.41) is 6.02. The van der Waals surface area contributed by atoms with Gasteiger partial charge in [0.05, 0.1) is 11.2 Å². The topological polar surface area (TPSA) is 50.7 Å². The first-order valence-corrected chi connectivity index (χ1v) is 7.89. The monoisotopic (exact) mass is 356 g/mol. The number of carbonyl (C=O) groups is 1. The molecule has 0 aromatic heterocycles. The highest BCUT2D eigenvalue weighted by Gasteiger charge is 2.05. The summed E-state index contributed by atoms with van der Waals surface area (Å²) in [6.45, 7) is -0.208. The summed E-state index contributed by atoms with van der Waals surface area (Å²) in [5.74, 6) is -0.398. The highest BCUT2D eigenvalue weighted by Crippen LogP contribution is 2.20. The molecule has 25 heavy (non-hydrogen) atoms. The Balaban J connectivity index is 1.56. The summed E-state index contributed by atoms with van der Waals surface area (Å²) in [4.78, 5) is 11.8. The molecule has 0 heterocycles. The third-order valence-corrected chi connectivity index (χ3v) is 3.80. The lowest BCUT2D eigenvalue weighted by Crippen LogP contribution is -2.24. The zero-order valence-corrected chi connectivity index (χ0v) is 13.8. The van der Waals surface area contributed by atoms with Gasteiger partial charge in [-0.2, -0.15) is 5.10 Å². The minimum absolute atomic E-state index is 0.111. The van der Waals surface area contributed by atoms with Gasteiger partial charge in [0.1, 0.15) is 11.6 Å². The van der Waals surface area contributed by atoms with Crippen LogP contribution in [0.1, 0.15) is 5.56 Å². The summed E-state index contributed by atoms with van der Waals surface area (Å²) >= 11 is 5.87. The minimum atomic E-state index is -0.516. The van der Waals surface area contributed by atoms with Crippen LogP contribution in [0.3, 0.4) is 0 Å². The summed E-state index contributed by atoms with van der Waals surface area (Å²) in [5.41, 5.74) is 2.38. The normalized spacial score (nSPS) is 11.0. The van der Waals surface area contributed by atoms with Crippen LogP contribution in [0.15, 0.2) is 65.8 Å². The third-order valence-electron chi connectivity index (χ3n) is 3.47. The summed E-state index contributed by atoms with van der Waals surface area (Å²) in [7, 11) is 0. The largest absolute Gasteiger partial charge is 0.484 e. The SMILES string of the molecule is O=C(COc1ccc2ccccc2c1)N/N=C/c1c(F)cccc1Cl. The van der Waals surface area contributed by atoms with Gasteiger partial charge in [0.25, 0.3) is 5.91 Å². The number of amides is 1. The molecular formula is C19H14ClFN2O2. The Morgan fingerprint density at radius 1 is 1.12 bits per heavy atom. The number of halogens is 2. The fourth-order valence-corrected chi connectivity index (χ4v) is 2.45. The molecule has 0 aliphatic heterocycles. The maximum absolute atomic E-state index is 13.6. The van der Waals surface area contributed by atoms with Crippen molar-refractivity contribution in [3.8, 4) is 5.75 Å². The second-order valence-corrected chi connectivity index (χ2v) is 5.63. The highest BCUT2D eigenvalue weighted by atomic mass is 35.5. The van der Waals surface area contributed by atoms with E-state index in [9.17, 15) is 9.18 Å². The zero-order chi connectivity index (χ0) is 17.6. The Morgan fingerprint density at radius 2 is 1.92 bits per heavy atom. The van der Waals surface area contributed by atoms with Crippen LogP contribution < -0.4 is 10.2 Å². The molecule has 126 valence electrons. The van der Waals surface area contributed by atoms with Crippen molar-refractivity contribution in [2.75, 3.05) is 6.61 Å². The summed E-state index contributed by atoms with van der Waals surface area (Å²) < 4.78 is 19.0. The summed E-state index contributed by atoms with van der Waals surface area (Å²) in [6.07, 6.45) is 1.16. The molecule has 0 saturated carbocycles. The Bertz CT molecular complexity index is 923. The minimum Gasteiger partial charge on any atom is -0.484 e. The first kappa shape index (κ1) is 16.9. The van der Waals surface area contributed by atoms with Gasteiger partial charge < -0.3 is 4.74 Å². The van der Waals surface area contributed by atoms with E-state index in [2.05, 4.69) is 10.5 Å². The molecule has 1 amide bonds. The van der Waals surface area contributed by atoms with Crippen molar-refractivity contribution >= 4 is 34.5 Å². The van der Waals surface area contributed by atoms with Gasteiger partial charge in [-0.15, -0.1) is 0 Å². The molecule has 0 aliphatic carbocycles. The fraction of sp³-hybridized carbons (Fsp3) is 0.0526. The Hall–Kier alpha value is -2.92. The second kappa shape index (κ2) is 7.77. The van der Waals surface area contributed by atoms with Gasteiger partial charge in [-0.05, 0) is 35.0 Å². The number of hydrazone groups is 1. The van der Waals surface area contributed by atoms with E-state index in [-0.39, 0.29) is 17.2 Å². The third kappa shape index (κ3) is 4.33. The first-order valence-electron chi connectivity index (χ1n) is 7.51. The molecule has 3 rings (SSSR count). The van der Waals surface area contributed by atoms with Crippen LogP contribution in [0, 0.1) is 5.82 Å². The van der Waals surface area contributed by atoms with Crippen LogP contribution in [0.2, 0.25) is 5.02 Å². The van der Waals surface area contributed by atoms with E-state index in [1.165, 1.54) is 18.2 Å². The van der Waals surface area contributed by atoms with Gasteiger partial charge in [0, 0.05) is 5.56 Å². The molecule has 0 unspecified atom stereocenters. The van der Waals surface area contributed by atoms with Crippen molar-refractivity contribution < 1.29 is 13.9 Å². The summed E-state index contributed by atoms with van der Waals surface area (Å²) in [6, 6.07) is 17.7. The van der Waals surface area contributed by atoms with E-state index in [4.69, 9.17) is 16.3 Å². The van der Waals surface area contributed by atoms with Crippen molar-refractivity contribution in [1.82, 2.24) is 5.43 Å². The predicted octanol–water partition coefficient (Wildman–Crippen LogP) is 4.16. The molecule has 0 bridgehead atoms.